The van der Waals surface area contributed by atoms with E-state index >= 15 is 0 Å². The summed E-state index contributed by atoms with van der Waals surface area (Å²) in [6, 6.07) is 31.5. The molecule has 25 heavy (non-hydrogen) atoms. The molecular weight excluding hydrogens is 302 g/mol. The molecule has 0 amide bonds. The van der Waals surface area contributed by atoms with E-state index in [4.69, 9.17) is 0 Å². The van der Waals surface area contributed by atoms with Gasteiger partial charge in [-0.2, -0.15) is 0 Å². The van der Waals surface area contributed by atoms with Gasteiger partial charge in [-0.25, -0.2) is 0 Å². The SMILES string of the molecule is c1ccc(-c2ccccc2)cc1.c1ccc(CN2CCCCC2)cc1. The molecule has 0 saturated carbocycles. The van der Waals surface area contributed by atoms with Crippen molar-refractivity contribution < 1.29 is 0 Å². The smallest absolute Gasteiger partial charge is 0.0233 e. The molecule has 1 saturated heterocycles. The second kappa shape index (κ2) is 9.80. The zero-order valence-corrected chi connectivity index (χ0v) is 14.9. The van der Waals surface area contributed by atoms with Gasteiger partial charge >= 0.3 is 0 Å². The molecule has 128 valence electrons. The normalized spacial score (nSPS) is 14.4. The Morgan fingerprint density at radius 3 is 1.44 bits per heavy atom. The molecule has 1 aliphatic heterocycles. The van der Waals surface area contributed by atoms with Gasteiger partial charge in [0, 0.05) is 6.54 Å². The van der Waals surface area contributed by atoms with Crippen LogP contribution in [0.5, 0.6) is 0 Å². The van der Waals surface area contributed by atoms with Crippen LogP contribution in [0.1, 0.15) is 24.8 Å². The quantitative estimate of drug-likeness (QED) is 0.567. The minimum Gasteiger partial charge on any atom is -0.299 e. The standard InChI is InChI=1S/C12H17N.C12H10/c1-3-7-12(8-4-1)11-13-9-5-2-6-10-13;1-3-7-11(8-4-1)12-9-5-2-6-10-12/h1,3-4,7-8H,2,5-6,9-11H2;1-10H. The third-order valence-electron chi connectivity index (χ3n) is 4.58. The number of nitrogens with zero attached hydrogens (tertiary/aromatic N) is 1. The van der Waals surface area contributed by atoms with Crippen LogP contribution in [0.4, 0.5) is 0 Å². The van der Waals surface area contributed by atoms with Crippen molar-refractivity contribution in [3.63, 3.8) is 0 Å². The van der Waals surface area contributed by atoms with E-state index in [9.17, 15) is 0 Å². The van der Waals surface area contributed by atoms with Crippen LogP contribution >= 0.6 is 0 Å². The van der Waals surface area contributed by atoms with E-state index < -0.39 is 0 Å². The number of benzene rings is 3. The largest absolute Gasteiger partial charge is 0.299 e. The van der Waals surface area contributed by atoms with Gasteiger partial charge in [-0.1, -0.05) is 97.4 Å². The lowest BCUT2D eigenvalue weighted by molar-refractivity contribution is 0.221. The van der Waals surface area contributed by atoms with E-state index in [0.29, 0.717) is 0 Å². The van der Waals surface area contributed by atoms with Gasteiger partial charge in [0.2, 0.25) is 0 Å². The van der Waals surface area contributed by atoms with Gasteiger partial charge in [0.1, 0.15) is 0 Å². The summed E-state index contributed by atoms with van der Waals surface area (Å²) in [6.07, 6.45) is 4.19. The van der Waals surface area contributed by atoms with Gasteiger partial charge < -0.3 is 0 Å². The Morgan fingerprint density at radius 2 is 0.960 bits per heavy atom. The van der Waals surface area contributed by atoms with Gasteiger partial charge in [0.15, 0.2) is 0 Å². The maximum Gasteiger partial charge on any atom is 0.0233 e. The van der Waals surface area contributed by atoms with Crippen molar-refractivity contribution in [2.75, 3.05) is 13.1 Å². The Hall–Kier alpha value is -2.38. The topological polar surface area (TPSA) is 3.24 Å². The minimum absolute atomic E-state index is 1.14. The molecule has 0 aromatic heterocycles. The van der Waals surface area contributed by atoms with E-state index in [1.807, 2.05) is 12.1 Å². The van der Waals surface area contributed by atoms with E-state index in [2.05, 4.69) is 83.8 Å². The molecular formula is C24H27N. The third-order valence-corrected chi connectivity index (χ3v) is 4.58. The van der Waals surface area contributed by atoms with Gasteiger partial charge in [-0.15, -0.1) is 0 Å². The summed E-state index contributed by atoms with van der Waals surface area (Å²) in [4.78, 5) is 2.55. The number of piperidine rings is 1. The first-order valence-electron chi connectivity index (χ1n) is 9.28. The van der Waals surface area contributed by atoms with Crippen LogP contribution in [0.15, 0.2) is 91.0 Å². The van der Waals surface area contributed by atoms with Crippen LogP contribution in [0.3, 0.4) is 0 Å². The fourth-order valence-electron chi connectivity index (χ4n) is 3.22. The van der Waals surface area contributed by atoms with Crippen LogP contribution in [0.25, 0.3) is 11.1 Å². The van der Waals surface area contributed by atoms with Crippen molar-refractivity contribution in [2.45, 2.75) is 25.8 Å². The average molecular weight is 329 g/mol. The second-order valence-electron chi connectivity index (χ2n) is 6.55. The summed E-state index contributed by atoms with van der Waals surface area (Å²) in [5.74, 6) is 0. The Labute approximate surface area is 151 Å². The van der Waals surface area contributed by atoms with E-state index in [1.54, 1.807) is 0 Å². The molecule has 0 N–H and O–H groups in total. The molecule has 1 heteroatoms. The Kier molecular flexibility index (Phi) is 6.84. The van der Waals surface area contributed by atoms with Crippen LogP contribution in [0.2, 0.25) is 0 Å². The lowest BCUT2D eigenvalue weighted by Crippen LogP contribution is -2.28. The van der Waals surface area contributed by atoms with Crippen LogP contribution in [-0.2, 0) is 6.54 Å². The number of hydrogen-bond acceptors (Lipinski definition) is 1. The lowest BCUT2D eigenvalue weighted by atomic mass is 10.1. The van der Waals surface area contributed by atoms with Gasteiger partial charge in [0.05, 0.1) is 0 Å². The third kappa shape index (κ3) is 5.88. The Morgan fingerprint density at radius 1 is 0.520 bits per heavy atom. The molecule has 0 aliphatic carbocycles. The minimum atomic E-state index is 1.14. The molecule has 1 heterocycles. The van der Waals surface area contributed by atoms with E-state index in [-0.39, 0.29) is 0 Å². The summed E-state index contributed by atoms with van der Waals surface area (Å²) in [6.45, 7) is 3.71. The molecule has 4 rings (SSSR count). The van der Waals surface area contributed by atoms with Crippen molar-refractivity contribution >= 4 is 0 Å². The monoisotopic (exact) mass is 329 g/mol. The Balaban J connectivity index is 0.000000146. The first kappa shape index (κ1) is 17.4. The molecule has 3 aromatic rings. The predicted octanol–water partition coefficient (Wildman–Crippen LogP) is 6.03. The van der Waals surface area contributed by atoms with E-state index in [1.165, 1.54) is 49.0 Å². The van der Waals surface area contributed by atoms with Crippen molar-refractivity contribution in [3.8, 4) is 11.1 Å². The summed E-state index contributed by atoms with van der Waals surface area (Å²) < 4.78 is 0. The fraction of sp³-hybridized carbons (Fsp3) is 0.250. The number of likely N-dealkylation sites (tertiary alicyclic amines) is 1. The molecule has 3 aromatic carbocycles. The van der Waals surface area contributed by atoms with Crippen molar-refractivity contribution in [2.24, 2.45) is 0 Å². The molecule has 0 unspecified atom stereocenters. The van der Waals surface area contributed by atoms with Crippen LogP contribution in [-0.4, -0.2) is 18.0 Å². The molecule has 0 bridgehead atoms. The van der Waals surface area contributed by atoms with Crippen LogP contribution in [0, 0.1) is 0 Å². The molecule has 0 atom stereocenters. The molecule has 1 nitrogen and oxygen atoms in total. The zero-order chi connectivity index (χ0) is 17.2. The molecule has 1 aliphatic rings. The summed E-state index contributed by atoms with van der Waals surface area (Å²) in [5.41, 5.74) is 4.00. The van der Waals surface area contributed by atoms with Gasteiger partial charge in [-0.05, 0) is 42.6 Å². The molecule has 1 fully saturated rings. The summed E-state index contributed by atoms with van der Waals surface area (Å²) in [5, 5.41) is 0. The van der Waals surface area contributed by atoms with E-state index in [0.717, 1.165) is 6.54 Å². The zero-order valence-electron chi connectivity index (χ0n) is 14.9. The molecule has 0 spiro atoms. The maximum absolute atomic E-state index is 2.55. The highest BCUT2D eigenvalue weighted by molar-refractivity contribution is 5.62. The lowest BCUT2D eigenvalue weighted by Gasteiger charge is -2.26. The van der Waals surface area contributed by atoms with Gasteiger partial charge in [-0.3, -0.25) is 4.90 Å². The van der Waals surface area contributed by atoms with Crippen molar-refractivity contribution in [3.05, 3.63) is 96.6 Å². The van der Waals surface area contributed by atoms with Crippen molar-refractivity contribution in [1.29, 1.82) is 0 Å². The average Bonchev–Trinajstić information content (AvgIpc) is 2.71. The summed E-state index contributed by atoms with van der Waals surface area (Å²) in [7, 11) is 0. The number of rotatable bonds is 3. The Bertz CT molecular complexity index is 663. The molecule has 0 radical (unpaired) electrons. The number of hydrogen-bond donors (Lipinski definition) is 0. The first-order valence-corrected chi connectivity index (χ1v) is 9.28. The first-order chi connectivity index (χ1) is 12.4. The van der Waals surface area contributed by atoms with Crippen LogP contribution < -0.4 is 0 Å². The highest BCUT2D eigenvalue weighted by Crippen LogP contribution is 2.17. The van der Waals surface area contributed by atoms with Crippen molar-refractivity contribution in [1.82, 2.24) is 4.90 Å². The fourth-order valence-corrected chi connectivity index (χ4v) is 3.22. The maximum atomic E-state index is 2.55. The second-order valence-corrected chi connectivity index (χ2v) is 6.55. The summed E-state index contributed by atoms with van der Waals surface area (Å²) >= 11 is 0. The predicted molar refractivity (Wildman–Crippen MR) is 107 cm³/mol. The van der Waals surface area contributed by atoms with Gasteiger partial charge in [0.25, 0.3) is 0 Å². The highest BCUT2D eigenvalue weighted by Gasteiger charge is 2.09. The highest BCUT2D eigenvalue weighted by atomic mass is 15.1.